The van der Waals surface area contributed by atoms with Gasteiger partial charge in [0.2, 0.25) is 20.9 Å². The number of nitrogens with zero attached hydrogens (tertiary/aromatic N) is 3. The summed E-state index contributed by atoms with van der Waals surface area (Å²) in [6.07, 6.45) is 0.933. The quantitative estimate of drug-likeness (QED) is 0.684. The molecule has 0 unspecified atom stereocenters. The van der Waals surface area contributed by atoms with E-state index in [1.807, 2.05) is 0 Å². The van der Waals surface area contributed by atoms with Crippen LogP contribution in [0.25, 0.3) is 11.3 Å². The van der Waals surface area contributed by atoms with E-state index in [0.717, 1.165) is 6.26 Å². The van der Waals surface area contributed by atoms with Crippen molar-refractivity contribution in [1.29, 1.82) is 0 Å². The predicted molar refractivity (Wildman–Crippen MR) is 101 cm³/mol. The SMILES string of the molecule is CCNC(=O)CN1Cc2c(nc(S(C)(=O)=O)nc2-c2ccc(O)cc2Cl)C1=O. The zero-order chi connectivity index (χ0) is 20.6. The van der Waals surface area contributed by atoms with Gasteiger partial charge in [-0.05, 0) is 25.1 Å². The first kappa shape index (κ1) is 20.0. The second-order valence-corrected chi connectivity index (χ2v) is 8.55. The number of carbonyl (C=O) groups is 2. The van der Waals surface area contributed by atoms with Gasteiger partial charge < -0.3 is 15.3 Å². The fraction of sp³-hybridized carbons (Fsp3) is 0.294. The van der Waals surface area contributed by atoms with E-state index in [-0.39, 0.29) is 41.2 Å². The summed E-state index contributed by atoms with van der Waals surface area (Å²) < 4.78 is 24.0. The molecule has 0 atom stereocenters. The Bertz CT molecular complexity index is 1090. The highest BCUT2D eigenvalue weighted by Crippen LogP contribution is 2.36. The van der Waals surface area contributed by atoms with Crippen LogP contribution in [0.1, 0.15) is 23.0 Å². The lowest BCUT2D eigenvalue weighted by molar-refractivity contribution is -0.121. The van der Waals surface area contributed by atoms with Gasteiger partial charge in [-0.2, -0.15) is 0 Å². The minimum Gasteiger partial charge on any atom is -0.508 e. The first-order valence-corrected chi connectivity index (χ1v) is 10.5. The predicted octanol–water partition coefficient (Wildman–Crippen LogP) is 0.998. The maximum atomic E-state index is 12.7. The largest absolute Gasteiger partial charge is 0.508 e. The van der Waals surface area contributed by atoms with Crippen molar-refractivity contribution < 1.29 is 23.1 Å². The normalized spacial score (nSPS) is 13.5. The zero-order valence-electron chi connectivity index (χ0n) is 15.1. The first-order valence-electron chi connectivity index (χ1n) is 8.27. The van der Waals surface area contributed by atoms with Gasteiger partial charge in [0.25, 0.3) is 5.91 Å². The third-order valence-electron chi connectivity index (χ3n) is 4.07. The van der Waals surface area contributed by atoms with Gasteiger partial charge in [0.05, 0.1) is 17.3 Å². The second-order valence-electron chi connectivity index (χ2n) is 6.23. The number of nitrogens with one attached hydrogen (secondary N) is 1. The van der Waals surface area contributed by atoms with Gasteiger partial charge in [-0.1, -0.05) is 11.6 Å². The molecule has 0 saturated carbocycles. The summed E-state index contributed by atoms with van der Waals surface area (Å²) in [6, 6.07) is 4.14. The maximum absolute atomic E-state index is 12.7. The van der Waals surface area contributed by atoms with Crippen LogP contribution in [0.5, 0.6) is 5.75 Å². The number of carbonyl (C=O) groups excluding carboxylic acids is 2. The molecule has 0 spiro atoms. The maximum Gasteiger partial charge on any atom is 0.273 e. The second kappa shape index (κ2) is 7.36. The average Bonchev–Trinajstić information content (AvgIpc) is 2.90. The first-order chi connectivity index (χ1) is 13.1. The number of likely N-dealkylation sites (N-methyl/N-ethyl adjacent to an activating group) is 1. The Balaban J connectivity index is 2.15. The van der Waals surface area contributed by atoms with E-state index in [4.69, 9.17) is 11.6 Å². The third kappa shape index (κ3) is 3.78. The van der Waals surface area contributed by atoms with Crippen molar-refractivity contribution in [3.05, 3.63) is 34.5 Å². The van der Waals surface area contributed by atoms with E-state index in [1.165, 1.54) is 23.1 Å². The molecular formula is C17H17ClN4O5S. The summed E-state index contributed by atoms with van der Waals surface area (Å²) in [5.41, 5.74) is 0.797. The molecule has 0 bridgehead atoms. The fourth-order valence-corrected chi connectivity index (χ4v) is 3.62. The topological polar surface area (TPSA) is 130 Å². The Kier molecular flexibility index (Phi) is 5.26. The molecule has 2 N–H and O–H groups in total. The number of sulfone groups is 1. The molecule has 2 aromatic rings. The van der Waals surface area contributed by atoms with Gasteiger partial charge in [0.1, 0.15) is 18.0 Å². The Morgan fingerprint density at radius 2 is 2.00 bits per heavy atom. The number of aromatic hydroxyl groups is 1. The Hall–Kier alpha value is -2.72. The Labute approximate surface area is 166 Å². The van der Waals surface area contributed by atoms with Crippen molar-refractivity contribution in [1.82, 2.24) is 20.2 Å². The summed E-state index contributed by atoms with van der Waals surface area (Å²) >= 11 is 6.20. The van der Waals surface area contributed by atoms with Crippen LogP contribution in [0.4, 0.5) is 0 Å². The monoisotopic (exact) mass is 424 g/mol. The summed E-state index contributed by atoms with van der Waals surface area (Å²) in [5.74, 6) is -0.981. The van der Waals surface area contributed by atoms with Crippen molar-refractivity contribution in [2.45, 2.75) is 18.6 Å². The highest BCUT2D eigenvalue weighted by atomic mass is 35.5. The number of hydrogen-bond acceptors (Lipinski definition) is 7. The van der Waals surface area contributed by atoms with E-state index in [9.17, 15) is 23.1 Å². The van der Waals surface area contributed by atoms with Crippen molar-refractivity contribution in [3.63, 3.8) is 0 Å². The molecular weight excluding hydrogens is 408 g/mol. The molecule has 9 nitrogen and oxygen atoms in total. The Morgan fingerprint density at radius 1 is 1.32 bits per heavy atom. The smallest absolute Gasteiger partial charge is 0.273 e. The van der Waals surface area contributed by atoms with Gasteiger partial charge in [-0.25, -0.2) is 18.4 Å². The summed E-state index contributed by atoms with van der Waals surface area (Å²) in [5, 5.41) is 11.8. The number of hydrogen-bond donors (Lipinski definition) is 2. The molecule has 1 aromatic carbocycles. The number of rotatable bonds is 5. The van der Waals surface area contributed by atoms with E-state index < -0.39 is 20.9 Å². The van der Waals surface area contributed by atoms with Crippen LogP contribution >= 0.6 is 11.6 Å². The standard InChI is InChI=1S/C17H17ClN4O5S/c1-3-19-13(24)8-22-7-11-14(10-5-4-9(23)6-12(10)18)20-17(28(2,26)27)21-15(11)16(22)25/h4-6,23H,3,7-8H2,1-2H3,(H,19,24). The molecule has 0 fully saturated rings. The van der Waals surface area contributed by atoms with Crippen molar-refractivity contribution >= 4 is 33.3 Å². The number of phenolic OH excluding ortho intramolecular Hbond substituents is 1. The van der Waals surface area contributed by atoms with Gasteiger partial charge in [-0.15, -0.1) is 0 Å². The number of benzene rings is 1. The highest BCUT2D eigenvalue weighted by molar-refractivity contribution is 7.90. The lowest BCUT2D eigenvalue weighted by atomic mass is 10.1. The minimum absolute atomic E-state index is 0.0296. The number of halogens is 1. The van der Waals surface area contributed by atoms with Crippen LogP contribution in [0.3, 0.4) is 0 Å². The van der Waals surface area contributed by atoms with E-state index >= 15 is 0 Å². The van der Waals surface area contributed by atoms with Gasteiger partial charge in [-0.3, -0.25) is 9.59 Å². The fourth-order valence-electron chi connectivity index (χ4n) is 2.84. The molecule has 1 aromatic heterocycles. The number of aromatic nitrogens is 2. The number of phenols is 1. The lowest BCUT2D eigenvalue weighted by Gasteiger charge is -2.14. The summed E-state index contributed by atoms with van der Waals surface area (Å²) in [4.78, 5) is 33.9. The molecule has 0 aliphatic carbocycles. The molecule has 3 rings (SSSR count). The molecule has 0 saturated heterocycles. The van der Waals surface area contributed by atoms with E-state index in [1.54, 1.807) is 6.92 Å². The van der Waals surface area contributed by atoms with Gasteiger partial charge in [0, 0.05) is 23.9 Å². The summed E-state index contributed by atoms with van der Waals surface area (Å²) in [6.45, 7) is 2.01. The zero-order valence-corrected chi connectivity index (χ0v) is 16.6. The molecule has 2 amide bonds. The van der Waals surface area contributed by atoms with Crippen molar-refractivity contribution in [2.75, 3.05) is 19.3 Å². The number of amides is 2. The van der Waals surface area contributed by atoms with E-state index in [2.05, 4.69) is 15.3 Å². The summed E-state index contributed by atoms with van der Waals surface area (Å²) in [7, 11) is -3.81. The molecule has 2 heterocycles. The van der Waals surface area contributed by atoms with Crippen LogP contribution in [0.2, 0.25) is 5.02 Å². The van der Waals surface area contributed by atoms with Gasteiger partial charge >= 0.3 is 0 Å². The molecule has 1 aliphatic rings. The number of fused-ring (bicyclic) bond motifs is 1. The van der Waals surface area contributed by atoms with Crippen LogP contribution in [-0.4, -0.2) is 59.6 Å². The highest BCUT2D eigenvalue weighted by Gasteiger charge is 2.35. The lowest BCUT2D eigenvalue weighted by Crippen LogP contribution is -2.37. The van der Waals surface area contributed by atoms with Crippen molar-refractivity contribution in [2.24, 2.45) is 0 Å². The minimum atomic E-state index is -3.81. The van der Waals surface area contributed by atoms with Gasteiger partial charge in [0.15, 0.2) is 0 Å². The molecule has 0 radical (unpaired) electrons. The van der Waals surface area contributed by atoms with Crippen molar-refractivity contribution in [3.8, 4) is 17.0 Å². The molecule has 11 heteroatoms. The third-order valence-corrected chi connectivity index (χ3v) is 5.23. The van der Waals surface area contributed by atoms with E-state index in [0.29, 0.717) is 17.7 Å². The molecule has 28 heavy (non-hydrogen) atoms. The average molecular weight is 425 g/mol. The Morgan fingerprint density at radius 3 is 2.61 bits per heavy atom. The van der Waals surface area contributed by atoms with Crippen LogP contribution in [-0.2, 0) is 21.2 Å². The molecule has 1 aliphatic heterocycles. The van der Waals surface area contributed by atoms with Crippen LogP contribution in [0.15, 0.2) is 23.4 Å². The molecule has 148 valence electrons. The van der Waals surface area contributed by atoms with Crippen LogP contribution in [0, 0.1) is 0 Å². The van der Waals surface area contributed by atoms with Crippen LogP contribution < -0.4 is 5.32 Å².